The molecule has 4 heteroatoms. The molecule has 1 aliphatic rings. The quantitative estimate of drug-likeness (QED) is 0.836. The van der Waals surface area contributed by atoms with Crippen molar-refractivity contribution in [3.05, 3.63) is 63.1 Å². The summed E-state index contributed by atoms with van der Waals surface area (Å²) in [6.45, 7) is 0. The fourth-order valence-electron chi connectivity index (χ4n) is 2.61. The Morgan fingerprint density at radius 2 is 1.89 bits per heavy atom. The van der Waals surface area contributed by atoms with Gasteiger partial charge >= 0.3 is 0 Å². The highest BCUT2D eigenvalue weighted by Gasteiger charge is 2.28. The van der Waals surface area contributed by atoms with Crippen LogP contribution in [0, 0.1) is 0 Å². The van der Waals surface area contributed by atoms with Gasteiger partial charge < -0.3 is 11.1 Å². The van der Waals surface area contributed by atoms with E-state index >= 15 is 0 Å². The van der Waals surface area contributed by atoms with E-state index in [-0.39, 0.29) is 12.1 Å². The summed E-state index contributed by atoms with van der Waals surface area (Å²) in [6.07, 6.45) is 0.901. The third-order valence-corrected chi connectivity index (χ3v) is 4.45. The van der Waals surface area contributed by atoms with Crippen LogP contribution in [0.15, 0.2) is 46.9 Å². The lowest BCUT2D eigenvalue weighted by molar-refractivity contribution is 0.648. The first-order valence-electron chi connectivity index (χ1n) is 6.21. The summed E-state index contributed by atoms with van der Waals surface area (Å²) in [5.41, 5.74) is 9.70. The lowest BCUT2D eigenvalue weighted by atomic mass is 10.1. The van der Waals surface area contributed by atoms with E-state index in [1.54, 1.807) is 0 Å². The van der Waals surface area contributed by atoms with Crippen LogP contribution < -0.4 is 11.1 Å². The van der Waals surface area contributed by atoms with Crippen molar-refractivity contribution in [1.82, 2.24) is 0 Å². The molecule has 98 valence electrons. The Balaban J connectivity index is 1.91. The molecule has 0 saturated heterocycles. The number of hydrogen-bond donors (Lipinski definition) is 2. The molecule has 2 aromatic carbocycles. The first-order chi connectivity index (χ1) is 9.15. The molecule has 2 nitrogen and oxygen atoms in total. The van der Waals surface area contributed by atoms with Gasteiger partial charge in [-0.1, -0.05) is 35.9 Å². The van der Waals surface area contributed by atoms with E-state index < -0.39 is 0 Å². The lowest BCUT2D eigenvalue weighted by Gasteiger charge is -2.17. The van der Waals surface area contributed by atoms with Crippen molar-refractivity contribution in [2.75, 3.05) is 5.32 Å². The van der Waals surface area contributed by atoms with Gasteiger partial charge in [0.05, 0.1) is 11.7 Å². The predicted molar refractivity (Wildman–Crippen MR) is 83.5 cm³/mol. The van der Waals surface area contributed by atoms with Crippen molar-refractivity contribution < 1.29 is 0 Å². The Kier molecular flexibility index (Phi) is 3.52. The number of benzene rings is 2. The number of fused-ring (bicyclic) bond motifs is 1. The molecule has 19 heavy (non-hydrogen) atoms. The van der Waals surface area contributed by atoms with Gasteiger partial charge in [-0.25, -0.2) is 0 Å². The SMILES string of the molecule is NC1CC(Nc2cc(Cl)ccc2Br)c2ccccc21. The third kappa shape index (κ3) is 2.50. The van der Waals surface area contributed by atoms with Crippen LogP contribution in [0.2, 0.25) is 5.02 Å². The highest BCUT2D eigenvalue weighted by Crippen LogP contribution is 2.40. The predicted octanol–water partition coefficient (Wildman–Crippen LogP) is 4.66. The Labute approximate surface area is 126 Å². The molecule has 0 bridgehead atoms. The summed E-state index contributed by atoms with van der Waals surface area (Å²) >= 11 is 9.59. The van der Waals surface area contributed by atoms with Gasteiger partial charge in [0.2, 0.25) is 0 Å². The number of nitrogens with one attached hydrogen (secondary N) is 1. The van der Waals surface area contributed by atoms with Crippen molar-refractivity contribution in [2.45, 2.75) is 18.5 Å². The Morgan fingerprint density at radius 3 is 2.68 bits per heavy atom. The van der Waals surface area contributed by atoms with Crippen molar-refractivity contribution in [3.8, 4) is 0 Å². The first kappa shape index (κ1) is 13.0. The Bertz CT molecular complexity index is 615. The molecule has 0 amide bonds. The van der Waals surface area contributed by atoms with Gasteiger partial charge in [0.25, 0.3) is 0 Å². The molecule has 2 unspecified atom stereocenters. The van der Waals surface area contributed by atoms with Crippen LogP contribution in [0.25, 0.3) is 0 Å². The average Bonchev–Trinajstić information content (AvgIpc) is 2.72. The highest BCUT2D eigenvalue weighted by atomic mass is 79.9. The lowest BCUT2D eigenvalue weighted by Crippen LogP contribution is -2.10. The van der Waals surface area contributed by atoms with Crippen molar-refractivity contribution in [2.24, 2.45) is 5.73 Å². The van der Waals surface area contributed by atoms with Gasteiger partial charge in [0, 0.05) is 15.5 Å². The van der Waals surface area contributed by atoms with E-state index in [0.29, 0.717) is 0 Å². The van der Waals surface area contributed by atoms with Gasteiger partial charge in [0.15, 0.2) is 0 Å². The van der Waals surface area contributed by atoms with E-state index in [1.807, 2.05) is 24.3 Å². The molecular weight excluding hydrogens is 324 g/mol. The Morgan fingerprint density at radius 1 is 1.16 bits per heavy atom. The van der Waals surface area contributed by atoms with Gasteiger partial charge in [-0.15, -0.1) is 0 Å². The van der Waals surface area contributed by atoms with Gasteiger partial charge in [0.1, 0.15) is 0 Å². The summed E-state index contributed by atoms with van der Waals surface area (Å²) < 4.78 is 1.01. The number of rotatable bonds is 2. The van der Waals surface area contributed by atoms with Crippen LogP contribution in [0.1, 0.15) is 29.6 Å². The van der Waals surface area contributed by atoms with Crippen LogP contribution in [-0.2, 0) is 0 Å². The maximum atomic E-state index is 6.18. The molecule has 0 radical (unpaired) electrons. The molecule has 0 heterocycles. The van der Waals surface area contributed by atoms with Crippen molar-refractivity contribution in [1.29, 1.82) is 0 Å². The minimum Gasteiger partial charge on any atom is -0.377 e. The van der Waals surface area contributed by atoms with Crippen LogP contribution >= 0.6 is 27.5 Å². The second-order valence-electron chi connectivity index (χ2n) is 4.79. The maximum absolute atomic E-state index is 6.18. The van der Waals surface area contributed by atoms with Crippen molar-refractivity contribution >= 4 is 33.2 Å². The summed E-state index contributed by atoms with van der Waals surface area (Å²) in [7, 11) is 0. The molecule has 2 aromatic rings. The van der Waals surface area contributed by atoms with Crippen LogP contribution in [0.5, 0.6) is 0 Å². The first-order valence-corrected chi connectivity index (χ1v) is 7.38. The normalized spacial score (nSPS) is 21.2. The maximum Gasteiger partial charge on any atom is 0.0535 e. The van der Waals surface area contributed by atoms with Crippen LogP contribution in [-0.4, -0.2) is 0 Å². The second-order valence-corrected chi connectivity index (χ2v) is 6.08. The highest BCUT2D eigenvalue weighted by molar-refractivity contribution is 9.10. The Hall–Kier alpha value is -1.03. The van der Waals surface area contributed by atoms with E-state index in [1.165, 1.54) is 11.1 Å². The molecule has 0 spiro atoms. The number of nitrogens with two attached hydrogens (primary N) is 1. The number of halogens is 2. The molecule has 3 rings (SSSR count). The zero-order valence-corrected chi connectivity index (χ0v) is 12.6. The van der Waals surface area contributed by atoms with Gasteiger partial charge in [-0.3, -0.25) is 0 Å². The van der Waals surface area contributed by atoms with Crippen LogP contribution in [0.4, 0.5) is 5.69 Å². The summed E-state index contributed by atoms with van der Waals surface area (Å²) in [5.74, 6) is 0. The van der Waals surface area contributed by atoms with Gasteiger partial charge in [-0.05, 0) is 51.7 Å². The second kappa shape index (κ2) is 5.16. The molecule has 0 fully saturated rings. The largest absolute Gasteiger partial charge is 0.377 e. The monoisotopic (exact) mass is 336 g/mol. The summed E-state index contributed by atoms with van der Waals surface area (Å²) in [5, 5.41) is 4.25. The van der Waals surface area contributed by atoms with E-state index in [2.05, 4.69) is 39.4 Å². The smallest absolute Gasteiger partial charge is 0.0535 e. The fourth-order valence-corrected chi connectivity index (χ4v) is 3.14. The van der Waals surface area contributed by atoms with E-state index in [0.717, 1.165) is 21.6 Å². The molecule has 2 atom stereocenters. The van der Waals surface area contributed by atoms with E-state index in [4.69, 9.17) is 17.3 Å². The minimum absolute atomic E-state index is 0.103. The van der Waals surface area contributed by atoms with Gasteiger partial charge in [-0.2, -0.15) is 0 Å². The zero-order chi connectivity index (χ0) is 13.4. The van der Waals surface area contributed by atoms with Crippen LogP contribution in [0.3, 0.4) is 0 Å². The summed E-state index contributed by atoms with van der Waals surface area (Å²) in [6, 6.07) is 14.4. The number of anilines is 1. The summed E-state index contributed by atoms with van der Waals surface area (Å²) in [4.78, 5) is 0. The molecule has 0 saturated carbocycles. The fraction of sp³-hybridized carbons (Fsp3) is 0.200. The molecule has 3 N–H and O–H groups in total. The zero-order valence-electron chi connectivity index (χ0n) is 10.2. The van der Waals surface area contributed by atoms with E-state index in [9.17, 15) is 0 Å². The standard InChI is InChI=1S/C15H14BrClN2/c16-12-6-5-9(17)7-15(12)19-14-8-13(18)10-3-1-2-4-11(10)14/h1-7,13-14,19H,8,18H2. The topological polar surface area (TPSA) is 38.0 Å². The molecule has 0 aromatic heterocycles. The molecule has 1 aliphatic carbocycles. The minimum atomic E-state index is 0.103. The van der Waals surface area contributed by atoms with Crippen molar-refractivity contribution in [3.63, 3.8) is 0 Å². The molecular formula is C15H14BrClN2. The number of hydrogen-bond acceptors (Lipinski definition) is 2. The average molecular weight is 338 g/mol. The molecule has 0 aliphatic heterocycles. The third-order valence-electron chi connectivity index (χ3n) is 3.52.